The van der Waals surface area contributed by atoms with E-state index in [9.17, 15) is 10.2 Å². The van der Waals surface area contributed by atoms with Gasteiger partial charge in [0.1, 0.15) is 0 Å². The molecule has 0 saturated carbocycles. The van der Waals surface area contributed by atoms with Gasteiger partial charge < -0.3 is 15.3 Å². The molecule has 0 aliphatic rings. The molecular formula is C12H18O3. The van der Waals surface area contributed by atoms with E-state index in [2.05, 4.69) is 6.92 Å². The van der Waals surface area contributed by atoms with E-state index in [0.717, 1.165) is 24.0 Å². The monoisotopic (exact) mass is 210 g/mol. The van der Waals surface area contributed by atoms with Crippen molar-refractivity contribution in [2.45, 2.75) is 39.6 Å². The number of aryl methyl sites for hydroxylation is 1. The Kier molecular flexibility index (Phi) is 4.75. The van der Waals surface area contributed by atoms with Gasteiger partial charge in [0.05, 0.1) is 19.8 Å². The molecule has 1 rings (SSSR count). The highest BCUT2D eigenvalue weighted by molar-refractivity contribution is 5.40. The van der Waals surface area contributed by atoms with Gasteiger partial charge in [-0.2, -0.15) is 0 Å². The zero-order valence-corrected chi connectivity index (χ0v) is 9.03. The molecule has 0 amide bonds. The first kappa shape index (κ1) is 12.2. The summed E-state index contributed by atoms with van der Waals surface area (Å²) in [5, 5.41) is 27.6. The summed E-state index contributed by atoms with van der Waals surface area (Å²) in [7, 11) is 0. The molecule has 0 fully saturated rings. The second-order valence-electron chi connectivity index (χ2n) is 3.57. The van der Waals surface area contributed by atoms with Gasteiger partial charge in [0.2, 0.25) is 0 Å². The number of hydrogen-bond donors (Lipinski definition) is 3. The Labute approximate surface area is 90.0 Å². The van der Waals surface area contributed by atoms with Gasteiger partial charge in [-0.3, -0.25) is 0 Å². The standard InChI is InChI=1S/C12H18O3/c1-2-3-9-4-5-10(6-13)12(8-15)11(9)7-14/h4-5,13-15H,2-3,6-8H2,1H3. The molecule has 0 heterocycles. The molecule has 1 aromatic carbocycles. The Morgan fingerprint density at radius 2 is 1.40 bits per heavy atom. The van der Waals surface area contributed by atoms with Crippen LogP contribution in [0.5, 0.6) is 0 Å². The van der Waals surface area contributed by atoms with E-state index in [1.54, 1.807) is 0 Å². The summed E-state index contributed by atoms with van der Waals surface area (Å²) in [6.45, 7) is 1.75. The molecule has 0 aliphatic heterocycles. The second-order valence-corrected chi connectivity index (χ2v) is 3.57. The van der Waals surface area contributed by atoms with Crippen LogP contribution in [-0.4, -0.2) is 15.3 Å². The average molecular weight is 210 g/mol. The van der Waals surface area contributed by atoms with Gasteiger partial charge in [-0.1, -0.05) is 25.5 Å². The summed E-state index contributed by atoms with van der Waals surface area (Å²) < 4.78 is 0. The summed E-state index contributed by atoms with van der Waals surface area (Å²) in [4.78, 5) is 0. The Morgan fingerprint density at radius 1 is 0.867 bits per heavy atom. The molecule has 0 aromatic heterocycles. The van der Waals surface area contributed by atoms with E-state index in [-0.39, 0.29) is 19.8 Å². The van der Waals surface area contributed by atoms with E-state index in [0.29, 0.717) is 11.1 Å². The molecule has 0 unspecified atom stereocenters. The number of aliphatic hydroxyl groups is 3. The fraction of sp³-hybridized carbons (Fsp3) is 0.500. The summed E-state index contributed by atoms with van der Waals surface area (Å²) in [5.41, 5.74) is 3.19. The maximum Gasteiger partial charge on any atom is 0.0689 e. The predicted octanol–water partition coefficient (Wildman–Crippen LogP) is 1.12. The van der Waals surface area contributed by atoms with Gasteiger partial charge in [0.25, 0.3) is 0 Å². The van der Waals surface area contributed by atoms with Crippen LogP contribution >= 0.6 is 0 Å². The van der Waals surface area contributed by atoms with E-state index in [4.69, 9.17) is 5.11 Å². The maximum atomic E-state index is 9.28. The average Bonchev–Trinajstić information content (AvgIpc) is 2.28. The Hall–Kier alpha value is -0.900. The first-order valence-corrected chi connectivity index (χ1v) is 5.23. The molecule has 0 aliphatic carbocycles. The van der Waals surface area contributed by atoms with Crippen molar-refractivity contribution in [3.05, 3.63) is 34.4 Å². The predicted molar refractivity (Wildman–Crippen MR) is 58.2 cm³/mol. The highest BCUT2D eigenvalue weighted by Crippen LogP contribution is 2.21. The quantitative estimate of drug-likeness (QED) is 0.682. The highest BCUT2D eigenvalue weighted by Gasteiger charge is 2.10. The summed E-state index contributed by atoms with van der Waals surface area (Å²) >= 11 is 0. The van der Waals surface area contributed by atoms with E-state index < -0.39 is 0 Å². The van der Waals surface area contributed by atoms with Crippen LogP contribution in [0.2, 0.25) is 0 Å². The third-order valence-corrected chi connectivity index (χ3v) is 2.63. The Morgan fingerprint density at radius 3 is 1.87 bits per heavy atom. The van der Waals surface area contributed by atoms with Crippen LogP contribution < -0.4 is 0 Å². The normalized spacial score (nSPS) is 10.7. The Bertz CT molecular complexity index is 321. The third kappa shape index (κ3) is 2.56. The van der Waals surface area contributed by atoms with Crippen molar-refractivity contribution in [2.24, 2.45) is 0 Å². The summed E-state index contributed by atoms with van der Waals surface area (Å²) in [6.07, 6.45) is 1.88. The largest absolute Gasteiger partial charge is 0.392 e. The van der Waals surface area contributed by atoms with Crippen LogP contribution in [-0.2, 0) is 26.2 Å². The van der Waals surface area contributed by atoms with Crippen LogP contribution in [0.1, 0.15) is 35.6 Å². The van der Waals surface area contributed by atoms with Crippen molar-refractivity contribution >= 4 is 0 Å². The molecule has 1 aromatic rings. The second kappa shape index (κ2) is 5.85. The zero-order chi connectivity index (χ0) is 11.3. The number of aliphatic hydroxyl groups excluding tert-OH is 3. The van der Waals surface area contributed by atoms with Crippen molar-refractivity contribution in [1.82, 2.24) is 0 Å². The summed E-state index contributed by atoms with van der Waals surface area (Å²) in [6, 6.07) is 3.73. The highest BCUT2D eigenvalue weighted by atomic mass is 16.3. The molecular weight excluding hydrogens is 192 g/mol. The molecule has 0 saturated heterocycles. The van der Waals surface area contributed by atoms with Crippen LogP contribution in [0, 0.1) is 0 Å². The fourth-order valence-corrected chi connectivity index (χ4v) is 1.84. The molecule has 3 N–H and O–H groups in total. The van der Waals surface area contributed by atoms with Crippen molar-refractivity contribution in [3.8, 4) is 0 Å². The van der Waals surface area contributed by atoms with Crippen molar-refractivity contribution < 1.29 is 15.3 Å². The van der Waals surface area contributed by atoms with Gasteiger partial charge in [-0.25, -0.2) is 0 Å². The van der Waals surface area contributed by atoms with Crippen LogP contribution in [0.25, 0.3) is 0 Å². The molecule has 0 bridgehead atoms. The van der Waals surface area contributed by atoms with Gasteiger partial charge >= 0.3 is 0 Å². The van der Waals surface area contributed by atoms with Gasteiger partial charge in [-0.15, -0.1) is 0 Å². The topological polar surface area (TPSA) is 60.7 Å². The molecule has 3 nitrogen and oxygen atoms in total. The lowest BCUT2D eigenvalue weighted by Crippen LogP contribution is -2.05. The SMILES string of the molecule is CCCc1ccc(CO)c(CO)c1CO. The smallest absolute Gasteiger partial charge is 0.0689 e. The van der Waals surface area contributed by atoms with Crippen molar-refractivity contribution in [1.29, 1.82) is 0 Å². The van der Waals surface area contributed by atoms with E-state index in [1.165, 1.54) is 0 Å². The first-order chi connectivity index (χ1) is 7.28. The molecule has 0 radical (unpaired) electrons. The number of rotatable bonds is 5. The third-order valence-electron chi connectivity index (χ3n) is 2.63. The number of hydrogen-bond acceptors (Lipinski definition) is 3. The molecule has 0 atom stereocenters. The van der Waals surface area contributed by atoms with E-state index >= 15 is 0 Å². The summed E-state index contributed by atoms with van der Waals surface area (Å²) in [5.74, 6) is 0. The van der Waals surface area contributed by atoms with E-state index in [1.807, 2.05) is 12.1 Å². The van der Waals surface area contributed by atoms with Gasteiger partial charge in [0, 0.05) is 0 Å². The van der Waals surface area contributed by atoms with Crippen LogP contribution in [0.4, 0.5) is 0 Å². The minimum atomic E-state index is -0.136. The molecule has 3 heteroatoms. The van der Waals surface area contributed by atoms with Crippen molar-refractivity contribution in [3.63, 3.8) is 0 Å². The number of benzene rings is 1. The van der Waals surface area contributed by atoms with Gasteiger partial charge in [-0.05, 0) is 28.7 Å². The minimum Gasteiger partial charge on any atom is -0.392 e. The lowest BCUT2D eigenvalue weighted by molar-refractivity contribution is 0.247. The molecule has 84 valence electrons. The van der Waals surface area contributed by atoms with Crippen LogP contribution in [0.3, 0.4) is 0 Å². The van der Waals surface area contributed by atoms with Crippen LogP contribution in [0.15, 0.2) is 12.1 Å². The molecule has 15 heavy (non-hydrogen) atoms. The zero-order valence-electron chi connectivity index (χ0n) is 9.03. The first-order valence-electron chi connectivity index (χ1n) is 5.23. The van der Waals surface area contributed by atoms with Crippen molar-refractivity contribution in [2.75, 3.05) is 0 Å². The minimum absolute atomic E-state index is 0.0843. The maximum absolute atomic E-state index is 9.28. The Balaban J connectivity index is 3.21. The van der Waals surface area contributed by atoms with Gasteiger partial charge in [0.15, 0.2) is 0 Å². The lowest BCUT2D eigenvalue weighted by atomic mass is 9.94. The molecule has 0 spiro atoms. The lowest BCUT2D eigenvalue weighted by Gasteiger charge is -2.14. The fourth-order valence-electron chi connectivity index (χ4n) is 1.84.